The number of carbonyl (C=O) groups is 1. The highest BCUT2D eigenvalue weighted by Crippen LogP contribution is 2.13. The molecule has 25 heavy (non-hydrogen) atoms. The van der Waals surface area contributed by atoms with Crippen molar-refractivity contribution in [2.24, 2.45) is 0 Å². The Morgan fingerprint density at radius 3 is 3.08 bits per heavy atom. The van der Waals surface area contributed by atoms with Crippen molar-refractivity contribution in [3.63, 3.8) is 0 Å². The van der Waals surface area contributed by atoms with Gasteiger partial charge in [-0.15, -0.1) is 0 Å². The molecule has 1 aliphatic heterocycles. The van der Waals surface area contributed by atoms with Crippen LogP contribution in [0.25, 0.3) is 10.9 Å². The molecule has 2 heterocycles. The molecule has 3 rings (SSSR count). The number of nitrogens with one attached hydrogen (secondary N) is 1. The van der Waals surface area contributed by atoms with Crippen LogP contribution in [-0.2, 0) is 20.8 Å². The second-order valence-corrected chi connectivity index (χ2v) is 6.64. The first-order valence-corrected chi connectivity index (χ1v) is 8.67. The van der Waals surface area contributed by atoms with Gasteiger partial charge in [-0.1, -0.05) is 18.2 Å². The van der Waals surface area contributed by atoms with E-state index in [1.54, 1.807) is 4.68 Å². The number of carbonyl (C=O) groups excluding carboxylic acids is 1. The molecule has 0 saturated carbocycles. The average molecular weight is 346 g/mol. The van der Waals surface area contributed by atoms with E-state index in [4.69, 9.17) is 9.47 Å². The molecule has 2 atom stereocenters. The highest BCUT2D eigenvalue weighted by Gasteiger charge is 2.28. The summed E-state index contributed by atoms with van der Waals surface area (Å²) >= 11 is 0. The first-order valence-electron chi connectivity index (χ1n) is 8.67. The van der Waals surface area contributed by atoms with E-state index in [1.165, 1.54) is 0 Å². The molecule has 7 heteroatoms. The van der Waals surface area contributed by atoms with Crippen LogP contribution in [0.4, 0.5) is 0 Å². The van der Waals surface area contributed by atoms with Crippen molar-refractivity contribution in [1.29, 1.82) is 0 Å². The Morgan fingerprint density at radius 2 is 2.28 bits per heavy atom. The standard InChI is InChI=1S/C18H26N4O3/c1-21(2)8-10-25-17-7-9-24-13-16(17)19-18(23)12-22-11-14-5-3-4-6-15(14)20-22/h3-6,11,16-17H,7-10,12-13H2,1-2H3,(H,19,23)/t16-,17+/m1/s1. The van der Waals surface area contributed by atoms with Crippen LogP contribution in [0.15, 0.2) is 30.5 Å². The molecule has 0 bridgehead atoms. The molecule has 2 aromatic rings. The smallest absolute Gasteiger partial charge is 0.242 e. The highest BCUT2D eigenvalue weighted by atomic mass is 16.5. The van der Waals surface area contributed by atoms with Crippen molar-refractivity contribution in [1.82, 2.24) is 20.0 Å². The van der Waals surface area contributed by atoms with E-state index in [0.717, 1.165) is 23.9 Å². The molecule has 0 radical (unpaired) electrons. The number of likely N-dealkylation sites (N-methyl/N-ethyl adjacent to an activating group) is 1. The first kappa shape index (κ1) is 17.8. The van der Waals surface area contributed by atoms with Gasteiger partial charge in [0.25, 0.3) is 0 Å². The minimum atomic E-state index is -0.117. The Hall–Kier alpha value is -1.96. The van der Waals surface area contributed by atoms with Gasteiger partial charge in [0.05, 0.1) is 30.9 Å². The van der Waals surface area contributed by atoms with Crippen LogP contribution >= 0.6 is 0 Å². The molecule has 0 spiro atoms. The third-order valence-corrected chi connectivity index (χ3v) is 4.28. The number of benzene rings is 1. The summed E-state index contributed by atoms with van der Waals surface area (Å²) in [5.41, 5.74) is 0.890. The van der Waals surface area contributed by atoms with Crippen LogP contribution < -0.4 is 5.32 Å². The maximum atomic E-state index is 12.4. The van der Waals surface area contributed by atoms with Gasteiger partial charge in [-0.2, -0.15) is 5.10 Å². The van der Waals surface area contributed by atoms with E-state index in [-0.39, 0.29) is 24.6 Å². The van der Waals surface area contributed by atoms with Gasteiger partial charge in [-0.05, 0) is 26.6 Å². The Balaban J connectivity index is 1.54. The highest BCUT2D eigenvalue weighted by molar-refractivity contribution is 5.79. The fourth-order valence-electron chi connectivity index (χ4n) is 2.94. The fraction of sp³-hybridized carbons (Fsp3) is 0.556. The molecule has 1 aromatic heterocycles. The summed E-state index contributed by atoms with van der Waals surface area (Å²) in [4.78, 5) is 14.5. The summed E-state index contributed by atoms with van der Waals surface area (Å²) in [6.45, 7) is 2.85. The number of amides is 1. The van der Waals surface area contributed by atoms with Crippen LogP contribution in [0.5, 0.6) is 0 Å². The predicted molar refractivity (Wildman–Crippen MR) is 95.4 cm³/mol. The van der Waals surface area contributed by atoms with Gasteiger partial charge in [0.2, 0.25) is 5.91 Å². The van der Waals surface area contributed by atoms with Crippen molar-refractivity contribution < 1.29 is 14.3 Å². The molecular weight excluding hydrogens is 320 g/mol. The lowest BCUT2D eigenvalue weighted by Gasteiger charge is -2.32. The van der Waals surface area contributed by atoms with E-state index in [2.05, 4.69) is 15.3 Å². The topological polar surface area (TPSA) is 68.6 Å². The van der Waals surface area contributed by atoms with Crippen molar-refractivity contribution in [3.8, 4) is 0 Å². The predicted octanol–water partition coefficient (Wildman–Crippen LogP) is 0.888. The minimum Gasteiger partial charge on any atom is -0.379 e. The van der Waals surface area contributed by atoms with Crippen molar-refractivity contribution in [3.05, 3.63) is 30.5 Å². The number of rotatable bonds is 7. The van der Waals surface area contributed by atoms with Gasteiger partial charge < -0.3 is 19.7 Å². The lowest BCUT2D eigenvalue weighted by atomic mass is 10.1. The number of nitrogens with zero attached hydrogens (tertiary/aromatic N) is 3. The Kier molecular flexibility index (Phi) is 6.01. The lowest BCUT2D eigenvalue weighted by Crippen LogP contribution is -2.51. The zero-order valence-electron chi connectivity index (χ0n) is 14.9. The molecule has 1 aliphatic rings. The number of fused-ring (bicyclic) bond motifs is 1. The molecule has 1 saturated heterocycles. The van der Waals surface area contributed by atoms with Crippen LogP contribution in [0.2, 0.25) is 0 Å². The molecule has 1 aromatic carbocycles. The molecule has 0 aliphatic carbocycles. The van der Waals surface area contributed by atoms with E-state index in [1.807, 2.05) is 44.6 Å². The second kappa shape index (κ2) is 8.42. The fourth-order valence-corrected chi connectivity index (χ4v) is 2.94. The van der Waals surface area contributed by atoms with Gasteiger partial charge >= 0.3 is 0 Å². The lowest BCUT2D eigenvalue weighted by molar-refractivity contribution is -0.127. The van der Waals surface area contributed by atoms with Gasteiger partial charge in [0.15, 0.2) is 0 Å². The minimum absolute atomic E-state index is 0.00524. The zero-order chi connectivity index (χ0) is 17.6. The maximum Gasteiger partial charge on any atom is 0.242 e. The van der Waals surface area contributed by atoms with E-state index < -0.39 is 0 Å². The Labute approximate surface area is 147 Å². The first-order chi connectivity index (χ1) is 12.1. The largest absolute Gasteiger partial charge is 0.379 e. The van der Waals surface area contributed by atoms with Crippen molar-refractivity contribution >= 4 is 16.8 Å². The molecule has 7 nitrogen and oxygen atoms in total. The van der Waals surface area contributed by atoms with Gasteiger partial charge in [0, 0.05) is 24.7 Å². The normalized spacial score (nSPS) is 20.9. The molecular formula is C18H26N4O3. The summed E-state index contributed by atoms with van der Waals surface area (Å²) in [6.07, 6.45) is 2.68. The quantitative estimate of drug-likeness (QED) is 0.806. The van der Waals surface area contributed by atoms with Gasteiger partial charge in [-0.25, -0.2) is 0 Å². The summed E-state index contributed by atoms with van der Waals surface area (Å²) in [7, 11) is 4.03. The number of aromatic nitrogens is 2. The summed E-state index contributed by atoms with van der Waals surface area (Å²) in [6, 6.07) is 7.71. The van der Waals surface area contributed by atoms with Gasteiger partial charge in [0.1, 0.15) is 6.54 Å². The molecule has 1 amide bonds. The summed E-state index contributed by atoms with van der Waals surface area (Å²) in [5, 5.41) is 8.49. The zero-order valence-corrected chi connectivity index (χ0v) is 14.9. The van der Waals surface area contributed by atoms with Crippen LogP contribution in [0.1, 0.15) is 6.42 Å². The van der Waals surface area contributed by atoms with Crippen molar-refractivity contribution in [2.45, 2.75) is 25.1 Å². The number of hydrogen-bond donors (Lipinski definition) is 1. The molecule has 0 unspecified atom stereocenters. The van der Waals surface area contributed by atoms with Gasteiger partial charge in [-0.3, -0.25) is 9.48 Å². The SMILES string of the molecule is CN(C)CCO[C@H]1CCOC[C@H]1NC(=O)Cn1cc2ccccc2n1. The third kappa shape index (κ3) is 5.01. The Morgan fingerprint density at radius 1 is 1.44 bits per heavy atom. The maximum absolute atomic E-state index is 12.4. The van der Waals surface area contributed by atoms with Crippen LogP contribution in [0.3, 0.4) is 0 Å². The number of ether oxygens (including phenoxy) is 2. The second-order valence-electron chi connectivity index (χ2n) is 6.64. The Bertz CT molecular complexity index is 667. The van der Waals surface area contributed by atoms with E-state index in [9.17, 15) is 4.79 Å². The van der Waals surface area contributed by atoms with E-state index >= 15 is 0 Å². The molecule has 136 valence electrons. The monoisotopic (exact) mass is 346 g/mol. The average Bonchev–Trinajstić information content (AvgIpc) is 2.98. The number of hydrogen-bond acceptors (Lipinski definition) is 5. The molecule has 1 fully saturated rings. The third-order valence-electron chi connectivity index (χ3n) is 4.28. The van der Waals surface area contributed by atoms with Crippen LogP contribution in [-0.4, -0.2) is 73.2 Å². The summed E-state index contributed by atoms with van der Waals surface area (Å²) < 4.78 is 13.1. The van der Waals surface area contributed by atoms with Crippen LogP contribution in [0, 0.1) is 0 Å². The molecule has 1 N–H and O–H groups in total. The summed E-state index contributed by atoms with van der Waals surface area (Å²) in [5.74, 6) is -0.0792. The van der Waals surface area contributed by atoms with E-state index in [0.29, 0.717) is 19.8 Å². The van der Waals surface area contributed by atoms with Crippen molar-refractivity contribution in [2.75, 3.05) is 40.5 Å².